The number of fused-ring (bicyclic) bond motifs is 1. The third-order valence-electron chi connectivity index (χ3n) is 4.69. The molecule has 0 spiro atoms. The zero-order valence-corrected chi connectivity index (χ0v) is 12.2. The topological polar surface area (TPSA) is 46.9 Å². The molecule has 114 valence electrons. The molecule has 0 saturated heterocycles. The van der Waals surface area contributed by atoms with E-state index in [4.69, 9.17) is 0 Å². The average molecular weight is 299 g/mol. The highest BCUT2D eigenvalue weighted by molar-refractivity contribution is 5.83. The maximum absolute atomic E-state index is 13.3. The molecular weight excluding hydrogens is 281 g/mol. The van der Waals surface area contributed by atoms with Crippen molar-refractivity contribution in [2.75, 3.05) is 0 Å². The number of amides is 1. The number of nitrogens with one attached hydrogen (secondary N) is 1. The quantitative estimate of drug-likeness (QED) is 0.945. The van der Waals surface area contributed by atoms with Crippen LogP contribution in [-0.4, -0.2) is 21.5 Å². The van der Waals surface area contributed by atoms with E-state index >= 15 is 0 Å². The molecule has 4 rings (SSSR count). The molecule has 3 atom stereocenters. The van der Waals surface area contributed by atoms with E-state index in [-0.39, 0.29) is 29.6 Å². The Hall–Kier alpha value is -2.17. The number of hydrogen-bond acceptors (Lipinski definition) is 2. The van der Waals surface area contributed by atoms with Crippen molar-refractivity contribution in [3.8, 4) is 0 Å². The summed E-state index contributed by atoms with van der Waals surface area (Å²) in [6.07, 6.45) is 6.41. The second-order valence-corrected chi connectivity index (χ2v) is 6.24. The highest BCUT2D eigenvalue weighted by atomic mass is 19.1. The van der Waals surface area contributed by atoms with Gasteiger partial charge in [0.05, 0.1) is 0 Å². The van der Waals surface area contributed by atoms with Crippen LogP contribution in [0.1, 0.15) is 30.1 Å². The number of benzene rings is 1. The molecule has 3 unspecified atom stereocenters. The van der Waals surface area contributed by atoms with Crippen LogP contribution in [0.3, 0.4) is 0 Å². The fourth-order valence-corrected chi connectivity index (χ4v) is 3.38. The van der Waals surface area contributed by atoms with Crippen molar-refractivity contribution in [1.82, 2.24) is 14.9 Å². The van der Waals surface area contributed by atoms with E-state index in [1.807, 2.05) is 12.3 Å². The fourth-order valence-electron chi connectivity index (χ4n) is 3.38. The zero-order chi connectivity index (χ0) is 15.1. The van der Waals surface area contributed by atoms with Crippen LogP contribution >= 0.6 is 0 Å². The van der Waals surface area contributed by atoms with Crippen LogP contribution in [0.4, 0.5) is 4.39 Å². The highest BCUT2D eigenvalue weighted by Gasteiger charge is 2.44. The van der Waals surface area contributed by atoms with Crippen molar-refractivity contribution in [2.24, 2.45) is 5.92 Å². The maximum atomic E-state index is 13.3. The number of aromatic nitrogens is 2. The van der Waals surface area contributed by atoms with E-state index in [1.165, 1.54) is 12.1 Å². The van der Waals surface area contributed by atoms with Crippen molar-refractivity contribution in [3.63, 3.8) is 0 Å². The van der Waals surface area contributed by atoms with Gasteiger partial charge in [0, 0.05) is 37.3 Å². The standard InChI is InChI=1S/C17H18FN3O/c18-12-3-1-2-11(8-12)14-9-15(14)17(22)20-13-4-5-16-19-6-7-21(16)10-13/h1-3,6-8,13-15H,4-5,9-10H2,(H,20,22). The van der Waals surface area contributed by atoms with E-state index in [0.717, 1.165) is 37.2 Å². The number of hydrogen-bond donors (Lipinski definition) is 1. The molecule has 2 heterocycles. The van der Waals surface area contributed by atoms with Crippen molar-refractivity contribution in [3.05, 3.63) is 53.9 Å². The summed E-state index contributed by atoms with van der Waals surface area (Å²) >= 11 is 0. The highest BCUT2D eigenvalue weighted by Crippen LogP contribution is 2.47. The zero-order valence-electron chi connectivity index (χ0n) is 12.2. The number of imidazole rings is 1. The van der Waals surface area contributed by atoms with Gasteiger partial charge in [0.25, 0.3) is 0 Å². The van der Waals surface area contributed by atoms with Crippen LogP contribution in [0.5, 0.6) is 0 Å². The Morgan fingerprint density at radius 1 is 1.41 bits per heavy atom. The van der Waals surface area contributed by atoms with Gasteiger partial charge in [-0.2, -0.15) is 0 Å². The summed E-state index contributed by atoms with van der Waals surface area (Å²) in [5, 5.41) is 3.14. The first-order chi connectivity index (χ1) is 10.7. The molecule has 4 nitrogen and oxygen atoms in total. The Labute approximate surface area is 128 Å². The number of carbonyl (C=O) groups is 1. The van der Waals surface area contributed by atoms with Gasteiger partial charge in [0.2, 0.25) is 5.91 Å². The Balaban J connectivity index is 1.36. The maximum Gasteiger partial charge on any atom is 0.224 e. The van der Waals surface area contributed by atoms with Gasteiger partial charge >= 0.3 is 0 Å². The molecule has 1 fully saturated rings. The predicted octanol–water partition coefficient (Wildman–Crippen LogP) is 2.26. The van der Waals surface area contributed by atoms with E-state index < -0.39 is 0 Å². The number of rotatable bonds is 3. The molecule has 1 amide bonds. The van der Waals surface area contributed by atoms with Gasteiger partial charge in [-0.15, -0.1) is 0 Å². The van der Waals surface area contributed by atoms with Crippen LogP contribution in [0, 0.1) is 11.7 Å². The molecular formula is C17H18FN3O. The van der Waals surface area contributed by atoms with Crippen LogP contribution < -0.4 is 5.32 Å². The smallest absolute Gasteiger partial charge is 0.224 e. The Morgan fingerprint density at radius 2 is 2.32 bits per heavy atom. The average Bonchev–Trinajstić information content (AvgIpc) is 3.18. The van der Waals surface area contributed by atoms with Gasteiger partial charge in [0.15, 0.2) is 0 Å². The largest absolute Gasteiger partial charge is 0.351 e. The number of aryl methyl sites for hydroxylation is 1. The molecule has 2 aromatic rings. The summed E-state index contributed by atoms with van der Waals surface area (Å²) in [5.41, 5.74) is 0.931. The molecule has 1 aliphatic carbocycles. The number of halogens is 1. The molecule has 1 aliphatic heterocycles. The lowest BCUT2D eigenvalue weighted by Gasteiger charge is -2.24. The van der Waals surface area contributed by atoms with Gasteiger partial charge in [-0.3, -0.25) is 4.79 Å². The first kappa shape index (κ1) is 13.5. The Kier molecular flexibility index (Phi) is 3.21. The minimum Gasteiger partial charge on any atom is -0.351 e. The van der Waals surface area contributed by atoms with Crippen LogP contribution in [0.15, 0.2) is 36.7 Å². The van der Waals surface area contributed by atoms with E-state index in [0.29, 0.717) is 0 Å². The normalized spacial score (nSPS) is 26.3. The molecule has 1 aromatic heterocycles. The van der Waals surface area contributed by atoms with E-state index in [2.05, 4.69) is 14.9 Å². The molecule has 1 aromatic carbocycles. The second-order valence-electron chi connectivity index (χ2n) is 6.24. The summed E-state index contributed by atoms with van der Waals surface area (Å²) in [5.74, 6) is 1.12. The molecule has 0 radical (unpaired) electrons. The number of carbonyl (C=O) groups excluding carboxylic acids is 1. The molecule has 1 saturated carbocycles. The minimum atomic E-state index is -0.233. The van der Waals surface area contributed by atoms with Gasteiger partial charge < -0.3 is 9.88 Å². The fraction of sp³-hybridized carbons (Fsp3) is 0.412. The molecule has 0 bridgehead atoms. The van der Waals surface area contributed by atoms with Crippen LogP contribution in [0.25, 0.3) is 0 Å². The van der Waals surface area contributed by atoms with Crippen LogP contribution in [0.2, 0.25) is 0 Å². The Morgan fingerprint density at radius 3 is 3.18 bits per heavy atom. The summed E-state index contributed by atoms with van der Waals surface area (Å²) in [6.45, 7) is 0.790. The molecule has 22 heavy (non-hydrogen) atoms. The van der Waals surface area contributed by atoms with Crippen molar-refractivity contribution in [1.29, 1.82) is 0 Å². The van der Waals surface area contributed by atoms with Gasteiger partial charge in [-0.05, 0) is 36.5 Å². The predicted molar refractivity (Wildman–Crippen MR) is 79.7 cm³/mol. The SMILES string of the molecule is O=C(NC1CCc2nccn2C1)C1CC1c1cccc(F)c1. The van der Waals surface area contributed by atoms with Gasteiger partial charge in [-0.1, -0.05) is 12.1 Å². The van der Waals surface area contributed by atoms with Crippen molar-refractivity contribution >= 4 is 5.91 Å². The van der Waals surface area contributed by atoms with Crippen molar-refractivity contribution in [2.45, 2.75) is 37.8 Å². The van der Waals surface area contributed by atoms with Gasteiger partial charge in [-0.25, -0.2) is 9.37 Å². The van der Waals surface area contributed by atoms with E-state index in [1.54, 1.807) is 12.3 Å². The number of nitrogens with zero attached hydrogens (tertiary/aromatic N) is 2. The molecule has 2 aliphatic rings. The third kappa shape index (κ3) is 2.51. The summed E-state index contributed by atoms with van der Waals surface area (Å²) < 4.78 is 15.4. The van der Waals surface area contributed by atoms with Crippen LogP contribution in [-0.2, 0) is 17.8 Å². The van der Waals surface area contributed by atoms with Gasteiger partial charge in [0.1, 0.15) is 11.6 Å². The third-order valence-corrected chi connectivity index (χ3v) is 4.69. The monoisotopic (exact) mass is 299 g/mol. The first-order valence-electron chi connectivity index (χ1n) is 7.76. The molecule has 5 heteroatoms. The minimum absolute atomic E-state index is 0.00835. The Bertz CT molecular complexity index is 711. The second kappa shape index (κ2) is 5.23. The lowest BCUT2D eigenvalue weighted by atomic mass is 10.1. The van der Waals surface area contributed by atoms with Crippen molar-refractivity contribution < 1.29 is 9.18 Å². The molecule has 1 N–H and O–H groups in total. The lowest BCUT2D eigenvalue weighted by Crippen LogP contribution is -2.41. The first-order valence-corrected chi connectivity index (χ1v) is 7.76. The van der Waals surface area contributed by atoms with E-state index in [9.17, 15) is 9.18 Å². The summed E-state index contributed by atoms with van der Waals surface area (Å²) in [4.78, 5) is 16.7. The summed E-state index contributed by atoms with van der Waals surface area (Å²) in [7, 11) is 0. The summed E-state index contributed by atoms with van der Waals surface area (Å²) in [6, 6.07) is 6.75. The lowest BCUT2D eigenvalue weighted by molar-refractivity contribution is -0.123.